The minimum Gasteiger partial charge on any atom is -0.355 e. The molecule has 4 rings (SSSR count). The van der Waals surface area contributed by atoms with Crippen LogP contribution in [-0.2, 0) is 12.8 Å². The molecule has 0 radical (unpaired) electrons. The molecule has 0 saturated carbocycles. The molecular weight excluding hydrogens is 312 g/mol. The number of nitrogens with one attached hydrogen (secondary N) is 1. The summed E-state index contributed by atoms with van der Waals surface area (Å²) < 4.78 is 0. The molecule has 2 aromatic heterocycles. The van der Waals surface area contributed by atoms with Crippen molar-refractivity contribution in [3.8, 4) is 0 Å². The standard InChI is InChI=1S/C16H22N4S2/c1-21-16-18-14(20-9-4-7-17-8-10-20)13-11-5-2-3-6-12(11)22-15(13)19-16/h17H,2-10H2,1H3. The third-order valence-electron chi connectivity index (χ3n) is 4.60. The summed E-state index contributed by atoms with van der Waals surface area (Å²) in [6, 6.07) is 0. The summed E-state index contributed by atoms with van der Waals surface area (Å²) in [5, 5.41) is 5.77. The Balaban J connectivity index is 1.88. The predicted molar refractivity (Wildman–Crippen MR) is 95.5 cm³/mol. The molecule has 2 aromatic rings. The summed E-state index contributed by atoms with van der Waals surface area (Å²) in [6.45, 7) is 4.30. The molecule has 1 N–H and O–H groups in total. The number of hydrogen-bond acceptors (Lipinski definition) is 6. The topological polar surface area (TPSA) is 41.1 Å². The van der Waals surface area contributed by atoms with Gasteiger partial charge in [0.1, 0.15) is 10.6 Å². The second-order valence-corrected chi connectivity index (χ2v) is 7.87. The maximum Gasteiger partial charge on any atom is 0.190 e. The van der Waals surface area contributed by atoms with Crippen molar-refractivity contribution < 1.29 is 0 Å². The number of fused-ring (bicyclic) bond motifs is 3. The van der Waals surface area contributed by atoms with Gasteiger partial charge in [-0.1, -0.05) is 11.8 Å². The predicted octanol–water partition coefficient (Wildman–Crippen LogP) is 3.09. The zero-order chi connectivity index (χ0) is 14.9. The molecule has 1 aliphatic heterocycles. The number of aromatic nitrogens is 2. The molecule has 0 aromatic carbocycles. The van der Waals surface area contributed by atoms with Crippen LogP contribution in [0.25, 0.3) is 10.2 Å². The van der Waals surface area contributed by atoms with E-state index in [4.69, 9.17) is 9.97 Å². The van der Waals surface area contributed by atoms with Crippen LogP contribution in [0.15, 0.2) is 5.16 Å². The van der Waals surface area contributed by atoms with Gasteiger partial charge in [0, 0.05) is 24.5 Å². The van der Waals surface area contributed by atoms with Crippen molar-refractivity contribution in [3.63, 3.8) is 0 Å². The molecule has 0 unspecified atom stereocenters. The van der Waals surface area contributed by atoms with Gasteiger partial charge in [-0.2, -0.15) is 0 Å². The van der Waals surface area contributed by atoms with Crippen molar-refractivity contribution in [2.75, 3.05) is 37.3 Å². The highest BCUT2D eigenvalue weighted by atomic mass is 32.2. The van der Waals surface area contributed by atoms with E-state index in [1.54, 1.807) is 22.2 Å². The molecule has 0 amide bonds. The van der Waals surface area contributed by atoms with Gasteiger partial charge in [-0.15, -0.1) is 11.3 Å². The monoisotopic (exact) mass is 334 g/mol. The number of nitrogens with zero attached hydrogens (tertiary/aromatic N) is 3. The molecule has 1 fully saturated rings. The van der Waals surface area contributed by atoms with E-state index in [-0.39, 0.29) is 0 Å². The van der Waals surface area contributed by atoms with Gasteiger partial charge >= 0.3 is 0 Å². The van der Waals surface area contributed by atoms with Crippen molar-refractivity contribution in [2.45, 2.75) is 37.3 Å². The van der Waals surface area contributed by atoms with Crippen LogP contribution >= 0.6 is 23.1 Å². The number of anilines is 1. The van der Waals surface area contributed by atoms with Gasteiger partial charge < -0.3 is 10.2 Å². The molecule has 4 nitrogen and oxygen atoms in total. The van der Waals surface area contributed by atoms with Gasteiger partial charge in [0.15, 0.2) is 5.16 Å². The Bertz CT molecular complexity index is 674. The molecule has 0 spiro atoms. The lowest BCUT2D eigenvalue weighted by molar-refractivity contribution is 0.699. The highest BCUT2D eigenvalue weighted by Crippen LogP contribution is 2.40. The van der Waals surface area contributed by atoms with Crippen LogP contribution in [0.2, 0.25) is 0 Å². The van der Waals surface area contributed by atoms with Crippen LogP contribution in [0, 0.1) is 0 Å². The van der Waals surface area contributed by atoms with E-state index >= 15 is 0 Å². The Morgan fingerprint density at radius 3 is 2.91 bits per heavy atom. The van der Waals surface area contributed by atoms with Crippen LogP contribution in [0.3, 0.4) is 0 Å². The first kappa shape index (κ1) is 14.7. The summed E-state index contributed by atoms with van der Waals surface area (Å²) in [6.07, 6.45) is 8.33. The zero-order valence-electron chi connectivity index (χ0n) is 13.0. The number of hydrogen-bond donors (Lipinski definition) is 1. The second-order valence-electron chi connectivity index (χ2n) is 6.02. The van der Waals surface area contributed by atoms with E-state index < -0.39 is 0 Å². The van der Waals surface area contributed by atoms with Gasteiger partial charge in [-0.3, -0.25) is 0 Å². The summed E-state index contributed by atoms with van der Waals surface area (Å²) in [7, 11) is 0. The van der Waals surface area contributed by atoms with Gasteiger partial charge in [-0.25, -0.2) is 9.97 Å². The smallest absolute Gasteiger partial charge is 0.190 e. The third kappa shape index (κ3) is 2.61. The van der Waals surface area contributed by atoms with E-state index in [1.165, 1.54) is 48.1 Å². The summed E-state index contributed by atoms with van der Waals surface area (Å²) in [5.41, 5.74) is 1.55. The minimum absolute atomic E-state index is 0.915. The van der Waals surface area contributed by atoms with E-state index in [2.05, 4.69) is 16.5 Å². The quantitative estimate of drug-likeness (QED) is 0.675. The largest absolute Gasteiger partial charge is 0.355 e. The molecule has 6 heteroatoms. The molecule has 22 heavy (non-hydrogen) atoms. The van der Waals surface area contributed by atoms with Crippen LogP contribution < -0.4 is 10.2 Å². The molecule has 0 atom stereocenters. The zero-order valence-corrected chi connectivity index (χ0v) is 14.7. The van der Waals surface area contributed by atoms with Gasteiger partial charge in [-0.05, 0) is 50.5 Å². The Morgan fingerprint density at radius 1 is 1.09 bits per heavy atom. The van der Waals surface area contributed by atoms with E-state index in [0.717, 1.165) is 31.3 Å². The molecule has 0 bridgehead atoms. The van der Waals surface area contributed by atoms with E-state index in [9.17, 15) is 0 Å². The number of aryl methyl sites for hydroxylation is 2. The first-order valence-electron chi connectivity index (χ1n) is 8.19. The van der Waals surface area contributed by atoms with Crippen molar-refractivity contribution in [1.29, 1.82) is 0 Å². The minimum atomic E-state index is 0.915. The van der Waals surface area contributed by atoms with Crippen LogP contribution in [0.4, 0.5) is 5.82 Å². The summed E-state index contributed by atoms with van der Waals surface area (Å²) >= 11 is 3.56. The Kier molecular flexibility index (Phi) is 4.24. The lowest BCUT2D eigenvalue weighted by atomic mass is 9.97. The van der Waals surface area contributed by atoms with Crippen molar-refractivity contribution in [3.05, 3.63) is 10.4 Å². The van der Waals surface area contributed by atoms with Crippen LogP contribution in [0.1, 0.15) is 29.7 Å². The normalized spacial score (nSPS) is 19.2. The lowest BCUT2D eigenvalue weighted by Crippen LogP contribution is -2.29. The molecule has 3 heterocycles. The first-order chi connectivity index (χ1) is 10.9. The number of thioether (sulfide) groups is 1. The van der Waals surface area contributed by atoms with Crippen LogP contribution in [-0.4, -0.2) is 42.4 Å². The Hall–Kier alpha value is -0.850. The highest BCUT2D eigenvalue weighted by Gasteiger charge is 2.24. The number of thiophene rings is 1. The van der Waals surface area contributed by atoms with Crippen molar-refractivity contribution in [2.24, 2.45) is 0 Å². The summed E-state index contributed by atoms with van der Waals surface area (Å²) in [5.74, 6) is 1.19. The Labute approximate surface area is 139 Å². The SMILES string of the molecule is CSc1nc(N2CCCNCC2)c2c3c(sc2n1)CCCC3. The fraction of sp³-hybridized carbons (Fsp3) is 0.625. The van der Waals surface area contributed by atoms with Crippen molar-refractivity contribution >= 4 is 39.1 Å². The number of rotatable bonds is 2. The van der Waals surface area contributed by atoms with Crippen molar-refractivity contribution in [1.82, 2.24) is 15.3 Å². The van der Waals surface area contributed by atoms with Gasteiger partial charge in [0.2, 0.25) is 0 Å². The average Bonchev–Trinajstić information content (AvgIpc) is 2.73. The molecule has 2 aliphatic rings. The van der Waals surface area contributed by atoms with Gasteiger partial charge in [0.25, 0.3) is 0 Å². The fourth-order valence-corrected chi connectivity index (χ4v) is 5.17. The Morgan fingerprint density at radius 2 is 2.00 bits per heavy atom. The fourth-order valence-electron chi connectivity index (χ4n) is 3.50. The molecular formula is C16H22N4S2. The maximum absolute atomic E-state index is 4.92. The lowest BCUT2D eigenvalue weighted by Gasteiger charge is -2.23. The van der Waals surface area contributed by atoms with E-state index in [0.29, 0.717) is 0 Å². The molecule has 118 valence electrons. The summed E-state index contributed by atoms with van der Waals surface area (Å²) in [4.78, 5) is 15.0. The second kappa shape index (κ2) is 6.34. The maximum atomic E-state index is 4.92. The van der Waals surface area contributed by atoms with E-state index in [1.807, 2.05) is 11.3 Å². The first-order valence-corrected chi connectivity index (χ1v) is 10.2. The van der Waals surface area contributed by atoms with Crippen LogP contribution in [0.5, 0.6) is 0 Å². The molecule has 1 saturated heterocycles. The highest BCUT2D eigenvalue weighted by molar-refractivity contribution is 7.98. The average molecular weight is 335 g/mol. The third-order valence-corrected chi connectivity index (χ3v) is 6.33. The molecule has 1 aliphatic carbocycles. The van der Waals surface area contributed by atoms with Gasteiger partial charge in [0.05, 0.1) is 5.39 Å².